The molecule has 1 aromatic rings. The molecule has 2 atom stereocenters. The molecular weight excluding hydrogens is 296 g/mol. The van der Waals surface area contributed by atoms with Crippen LogP contribution in [0.5, 0.6) is 0 Å². The van der Waals surface area contributed by atoms with E-state index in [4.69, 9.17) is 9.72 Å². The van der Waals surface area contributed by atoms with Crippen molar-refractivity contribution < 1.29 is 9.84 Å². The molecule has 0 radical (unpaired) electrons. The third kappa shape index (κ3) is 4.28. The van der Waals surface area contributed by atoms with Gasteiger partial charge in [-0.3, -0.25) is 0 Å². The molecule has 1 aromatic heterocycles. The fourth-order valence-electron chi connectivity index (χ4n) is 3.64. The van der Waals surface area contributed by atoms with Crippen LogP contribution in [-0.2, 0) is 11.3 Å². The highest BCUT2D eigenvalue weighted by Crippen LogP contribution is 2.34. The van der Waals surface area contributed by atoms with E-state index in [0.29, 0.717) is 11.8 Å². The minimum atomic E-state index is 0.125. The summed E-state index contributed by atoms with van der Waals surface area (Å²) < 4.78 is 5.54. The molecule has 0 aromatic carbocycles. The molecule has 124 valence electrons. The zero-order valence-corrected chi connectivity index (χ0v) is 14.1. The maximum Gasteiger partial charge on any atom is 0.0959 e. The SMILES string of the molecule is OCC(NCc1csc(C2CCCCC2)n1)C1CCCOC1. The molecule has 2 unspecified atom stereocenters. The van der Waals surface area contributed by atoms with Gasteiger partial charge in [-0.25, -0.2) is 4.98 Å². The van der Waals surface area contributed by atoms with Crippen molar-refractivity contribution in [3.05, 3.63) is 16.1 Å². The second kappa shape index (κ2) is 8.39. The summed E-state index contributed by atoms with van der Waals surface area (Å²) in [6.45, 7) is 2.56. The Morgan fingerprint density at radius 3 is 2.86 bits per heavy atom. The second-order valence-electron chi connectivity index (χ2n) is 6.66. The van der Waals surface area contributed by atoms with Gasteiger partial charge in [-0.1, -0.05) is 19.3 Å². The summed E-state index contributed by atoms with van der Waals surface area (Å²) in [5, 5.41) is 16.6. The lowest BCUT2D eigenvalue weighted by Gasteiger charge is -2.29. The summed E-state index contributed by atoms with van der Waals surface area (Å²) in [5.74, 6) is 1.11. The molecule has 1 aliphatic carbocycles. The van der Waals surface area contributed by atoms with Gasteiger partial charge in [0.25, 0.3) is 0 Å². The fourth-order valence-corrected chi connectivity index (χ4v) is 4.63. The summed E-state index contributed by atoms with van der Waals surface area (Å²) in [5.41, 5.74) is 1.13. The first-order valence-electron chi connectivity index (χ1n) is 8.73. The lowest BCUT2D eigenvalue weighted by Crippen LogP contribution is -2.42. The Morgan fingerprint density at radius 1 is 1.27 bits per heavy atom. The van der Waals surface area contributed by atoms with Gasteiger partial charge in [-0.05, 0) is 31.6 Å². The van der Waals surface area contributed by atoms with Crippen LogP contribution in [-0.4, -0.2) is 36.0 Å². The number of rotatable bonds is 6. The van der Waals surface area contributed by atoms with Crippen LogP contribution >= 0.6 is 11.3 Å². The van der Waals surface area contributed by atoms with Crippen LogP contribution in [0, 0.1) is 5.92 Å². The van der Waals surface area contributed by atoms with Crippen LogP contribution in [0.4, 0.5) is 0 Å². The standard InChI is InChI=1S/C17H28N2O2S/c20-10-16(14-7-4-8-21-11-14)18-9-15-12-22-17(19-15)13-5-2-1-3-6-13/h12-14,16,18,20H,1-11H2. The van der Waals surface area contributed by atoms with Crippen molar-refractivity contribution in [1.29, 1.82) is 0 Å². The lowest BCUT2D eigenvalue weighted by atomic mass is 9.90. The van der Waals surface area contributed by atoms with E-state index < -0.39 is 0 Å². The monoisotopic (exact) mass is 324 g/mol. The first-order chi connectivity index (χ1) is 10.9. The van der Waals surface area contributed by atoms with Gasteiger partial charge in [0.15, 0.2) is 0 Å². The van der Waals surface area contributed by atoms with E-state index in [-0.39, 0.29) is 12.6 Å². The van der Waals surface area contributed by atoms with E-state index in [1.165, 1.54) is 37.1 Å². The smallest absolute Gasteiger partial charge is 0.0959 e. The highest BCUT2D eigenvalue weighted by molar-refractivity contribution is 7.09. The molecule has 4 nitrogen and oxygen atoms in total. The van der Waals surface area contributed by atoms with Crippen molar-refractivity contribution in [3.63, 3.8) is 0 Å². The zero-order valence-electron chi connectivity index (χ0n) is 13.3. The largest absolute Gasteiger partial charge is 0.395 e. The summed E-state index contributed by atoms with van der Waals surface area (Å²) in [6.07, 6.45) is 8.95. The van der Waals surface area contributed by atoms with E-state index in [9.17, 15) is 5.11 Å². The van der Waals surface area contributed by atoms with Crippen LogP contribution in [0.25, 0.3) is 0 Å². The van der Waals surface area contributed by atoms with Crippen LogP contribution in [0.3, 0.4) is 0 Å². The Morgan fingerprint density at radius 2 is 2.14 bits per heavy atom. The number of nitrogens with one attached hydrogen (secondary N) is 1. The van der Waals surface area contributed by atoms with Gasteiger partial charge in [0, 0.05) is 30.5 Å². The van der Waals surface area contributed by atoms with Gasteiger partial charge in [0.1, 0.15) is 0 Å². The summed E-state index contributed by atoms with van der Waals surface area (Å²) >= 11 is 1.81. The molecule has 0 spiro atoms. The predicted molar refractivity (Wildman–Crippen MR) is 89.2 cm³/mol. The van der Waals surface area contributed by atoms with Crippen molar-refractivity contribution >= 4 is 11.3 Å². The van der Waals surface area contributed by atoms with E-state index in [0.717, 1.165) is 38.3 Å². The highest BCUT2D eigenvalue weighted by Gasteiger charge is 2.24. The van der Waals surface area contributed by atoms with Crippen molar-refractivity contribution in [2.75, 3.05) is 19.8 Å². The normalized spacial score (nSPS) is 25.2. The van der Waals surface area contributed by atoms with E-state index >= 15 is 0 Å². The topological polar surface area (TPSA) is 54.4 Å². The van der Waals surface area contributed by atoms with E-state index in [1.807, 2.05) is 11.3 Å². The molecular formula is C17H28N2O2S. The van der Waals surface area contributed by atoms with E-state index in [1.54, 1.807) is 0 Å². The Kier molecular flexibility index (Phi) is 6.24. The Balaban J connectivity index is 1.50. The Labute approximate surface area is 137 Å². The molecule has 0 bridgehead atoms. The number of hydrogen-bond donors (Lipinski definition) is 2. The zero-order chi connectivity index (χ0) is 15.2. The number of hydrogen-bond acceptors (Lipinski definition) is 5. The maximum absolute atomic E-state index is 9.63. The Bertz CT molecular complexity index is 440. The lowest BCUT2D eigenvalue weighted by molar-refractivity contribution is 0.0279. The Hall–Kier alpha value is -0.490. The van der Waals surface area contributed by atoms with Gasteiger partial charge in [-0.15, -0.1) is 11.3 Å². The number of nitrogens with zero attached hydrogens (tertiary/aromatic N) is 1. The van der Waals surface area contributed by atoms with Crippen molar-refractivity contribution in [1.82, 2.24) is 10.3 Å². The van der Waals surface area contributed by atoms with Crippen LogP contribution in [0.1, 0.15) is 61.6 Å². The molecule has 2 N–H and O–H groups in total. The molecule has 5 heteroatoms. The summed E-state index contributed by atoms with van der Waals surface area (Å²) in [6, 6.07) is 0.125. The number of ether oxygens (including phenoxy) is 1. The van der Waals surface area contributed by atoms with Crippen LogP contribution < -0.4 is 5.32 Å². The molecule has 22 heavy (non-hydrogen) atoms. The highest BCUT2D eigenvalue weighted by atomic mass is 32.1. The predicted octanol–water partition coefficient (Wildman–Crippen LogP) is 3.07. The molecule has 1 saturated heterocycles. The molecule has 2 aliphatic rings. The molecule has 1 aliphatic heterocycles. The van der Waals surface area contributed by atoms with Crippen molar-refractivity contribution in [2.24, 2.45) is 5.92 Å². The van der Waals surface area contributed by atoms with Crippen LogP contribution in [0.2, 0.25) is 0 Å². The molecule has 0 amide bonds. The van der Waals surface area contributed by atoms with Gasteiger partial charge in [0.05, 0.1) is 23.9 Å². The average Bonchev–Trinajstić information content (AvgIpc) is 3.06. The second-order valence-corrected chi connectivity index (χ2v) is 7.55. The molecule has 3 rings (SSSR count). The number of aliphatic hydroxyl groups excluding tert-OH is 1. The quantitative estimate of drug-likeness (QED) is 0.844. The minimum absolute atomic E-state index is 0.125. The number of aliphatic hydroxyl groups is 1. The summed E-state index contributed by atoms with van der Waals surface area (Å²) in [4.78, 5) is 4.83. The number of thiazole rings is 1. The maximum atomic E-state index is 9.63. The minimum Gasteiger partial charge on any atom is -0.395 e. The van der Waals surface area contributed by atoms with Crippen molar-refractivity contribution in [2.45, 2.75) is 63.5 Å². The summed E-state index contributed by atoms with van der Waals surface area (Å²) in [7, 11) is 0. The molecule has 1 saturated carbocycles. The fraction of sp³-hybridized carbons (Fsp3) is 0.824. The first kappa shape index (κ1) is 16.4. The average molecular weight is 324 g/mol. The third-order valence-electron chi connectivity index (χ3n) is 5.03. The third-order valence-corrected chi connectivity index (χ3v) is 6.09. The molecule has 2 heterocycles. The van der Waals surface area contributed by atoms with Crippen molar-refractivity contribution in [3.8, 4) is 0 Å². The van der Waals surface area contributed by atoms with Gasteiger partial charge < -0.3 is 15.2 Å². The van der Waals surface area contributed by atoms with E-state index in [2.05, 4.69) is 10.7 Å². The van der Waals surface area contributed by atoms with Gasteiger partial charge in [-0.2, -0.15) is 0 Å². The van der Waals surface area contributed by atoms with Gasteiger partial charge in [0.2, 0.25) is 0 Å². The van der Waals surface area contributed by atoms with Gasteiger partial charge >= 0.3 is 0 Å². The number of aromatic nitrogens is 1. The first-order valence-corrected chi connectivity index (χ1v) is 9.61. The van der Waals surface area contributed by atoms with Crippen LogP contribution in [0.15, 0.2) is 5.38 Å². The molecule has 2 fully saturated rings.